The van der Waals surface area contributed by atoms with Crippen molar-refractivity contribution in [2.24, 2.45) is 34.8 Å². The molecule has 1 fully saturated rings. The molecule has 0 bridgehead atoms. The van der Waals surface area contributed by atoms with E-state index >= 15 is 0 Å². The number of hydrogen-bond donors (Lipinski definition) is 2. The van der Waals surface area contributed by atoms with Crippen LogP contribution < -0.4 is 15.2 Å². The van der Waals surface area contributed by atoms with Gasteiger partial charge in [0.05, 0.1) is 25.9 Å². The summed E-state index contributed by atoms with van der Waals surface area (Å²) in [7, 11) is 3.25. The van der Waals surface area contributed by atoms with E-state index in [0.29, 0.717) is 50.4 Å². The zero-order chi connectivity index (χ0) is 37.6. The van der Waals surface area contributed by atoms with Gasteiger partial charge in [-0.3, -0.25) is 14.5 Å². The van der Waals surface area contributed by atoms with E-state index in [9.17, 15) is 24.3 Å². The summed E-state index contributed by atoms with van der Waals surface area (Å²) in [4.78, 5) is 52.1. The minimum atomic E-state index is -1.36. The Kier molecular flexibility index (Phi) is 17.5. The number of ether oxygens (including phenoxy) is 6. The third-order valence-electron chi connectivity index (χ3n) is 9.55. The highest BCUT2D eigenvalue weighted by Crippen LogP contribution is 2.36. The molecule has 0 saturated carbocycles. The molecule has 1 heterocycles. The SMILES string of the molecule is COCCCOc1cc(C[C@@H](C[C@H]2[C@H](C[C@H](C(=O)CCC(C)(C)C(N)=O)C(C)C)OCN2C(=O)OCOC(=O)[C@H](C)O)C(C)C)ccc1OC. The van der Waals surface area contributed by atoms with E-state index in [2.05, 4.69) is 13.8 Å². The number of esters is 1. The van der Waals surface area contributed by atoms with E-state index in [-0.39, 0.29) is 42.6 Å². The lowest BCUT2D eigenvalue weighted by Crippen LogP contribution is -2.43. The van der Waals surface area contributed by atoms with Crippen molar-refractivity contribution >= 4 is 23.8 Å². The summed E-state index contributed by atoms with van der Waals surface area (Å²) in [6.45, 7) is 13.2. The van der Waals surface area contributed by atoms with Crippen molar-refractivity contribution in [3.05, 3.63) is 23.8 Å². The molecule has 0 spiro atoms. The van der Waals surface area contributed by atoms with Crippen LogP contribution in [0.2, 0.25) is 0 Å². The van der Waals surface area contributed by atoms with Crippen LogP contribution in [0, 0.1) is 29.1 Å². The molecule has 0 aliphatic carbocycles. The third kappa shape index (κ3) is 13.0. The van der Waals surface area contributed by atoms with Crippen LogP contribution in [0.5, 0.6) is 11.5 Å². The largest absolute Gasteiger partial charge is 0.493 e. The molecular weight excluding hydrogens is 648 g/mol. The van der Waals surface area contributed by atoms with Crippen LogP contribution in [0.1, 0.15) is 86.1 Å². The maximum absolute atomic E-state index is 13.6. The second kappa shape index (κ2) is 20.4. The number of Topliss-reactive ketones (excluding diaryl/α,β-unsaturated/α-hetero) is 1. The Morgan fingerprint density at radius 2 is 1.70 bits per heavy atom. The summed E-state index contributed by atoms with van der Waals surface area (Å²) in [6.07, 6.45) is 0.250. The second-order valence-corrected chi connectivity index (χ2v) is 14.5. The third-order valence-corrected chi connectivity index (χ3v) is 9.55. The van der Waals surface area contributed by atoms with Crippen molar-refractivity contribution in [1.29, 1.82) is 0 Å². The number of carbonyl (C=O) groups excluding carboxylic acids is 4. The van der Waals surface area contributed by atoms with Crippen LogP contribution in [0.15, 0.2) is 18.2 Å². The van der Waals surface area contributed by atoms with Crippen molar-refractivity contribution in [1.82, 2.24) is 4.90 Å². The Morgan fingerprint density at radius 1 is 1.00 bits per heavy atom. The van der Waals surface area contributed by atoms with Crippen molar-refractivity contribution in [2.45, 2.75) is 105 Å². The lowest BCUT2D eigenvalue weighted by atomic mass is 9.78. The number of aliphatic hydroxyl groups is 1. The molecule has 1 aliphatic rings. The van der Waals surface area contributed by atoms with Crippen molar-refractivity contribution in [3.8, 4) is 11.5 Å². The standard InChI is InChI=1S/C37H60N2O11/c1-23(2)27(17-26-11-12-31(46-9)33(18-26)47-16-10-15-45-8)19-29-32(48-21-39(29)36(44)50-22-49-34(42)25(5)40)20-28(24(3)4)30(41)13-14-37(6,7)35(38)43/h11-12,18,23-25,27-29,32,40H,10,13-17,19-22H2,1-9H3,(H2,38,43)/t25-,27-,28-,29-,32-/m0/s1. The highest BCUT2D eigenvalue weighted by atomic mass is 16.7. The lowest BCUT2D eigenvalue weighted by molar-refractivity contribution is -0.161. The summed E-state index contributed by atoms with van der Waals surface area (Å²) in [5.41, 5.74) is 5.77. The maximum atomic E-state index is 13.6. The molecule has 1 saturated heterocycles. The number of hydrogen-bond acceptors (Lipinski definition) is 11. The fraction of sp³-hybridized carbons (Fsp3) is 0.730. The van der Waals surface area contributed by atoms with E-state index in [1.54, 1.807) is 28.1 Å². The van der Waals surface area contributed by atoms with E-state index in [0.717, 1.165) is 12.0 Å². The molecular formula is C37H60N2O11. The minimum Gasteiger partial charge on any atom is -0.493 e. The molecule has 50 heavy (non-hydrogen) atoms. The summed E-state index contributed by atoms with van der Waals surface area (Å²) < 4.78 is 33.1. The van der Waals surface area contributed by atoms with Gasteiger partial charge in [0.2, 0.25) is 12.7 Å². The average molecular weight is 709 g/mol. The fourth-order valence-electron chi connectivity index (χ4n) is 5.94. The Morgan fingerprint density at radius 3 is 2.28 bits per heavy atom. The number of rotatable bonds is 22. The van der Waals surface area contributed by atoms with Crippen molar-refractivity contribution in [2.75, 3.05) is 41.0 Å². The number of aliphatic hydroxyl groups excluding tert-OH is 1. The van der Waals surface area contributed by atoms with Crippen LogP contribution in [-0.4, -0.2) is 93.0 Å². The zero-order valence-corrected chi connectivity index (χ0v) is 31.4. The Hall–Kier alpha value is -3.42. The van der Waals surface area contributed by atoms with Gasteiger partial charge in [-0.05, 0) is 68.1 Å². The second-order valence-electron chi connectivity index (χ2n) is 14.5. The topological polar surface area (TPSA) is 173 Å². The van der Waals surface area contributed by atoms with E-state index < -0.39 is 48.4 Å². The number of methoxy groups -OCH3 is 2. The number of amides is 2. The van der Waals surface area contributed by atoms with Crippen LogP contribution in [-0.2, 0) is 39.8 Å². The van der Waals surface area contributed by atoms with Crippen LogP contribution in [0.3, 0.4) is 0 Å². The van der Waals surface area contributed by atoms with Gasteiger partial charge in [-0.25, -0.2) is 9.59 Å². The fourth-order valence-corrected chi connectivity index (χ4v) is 5.94. The summed E-state index contributed by atoms with van der Waals surface area (Å²) >= 11 is 0. The summed E-state index contributed by atoms with van der Waals surface area (Å²) in [6, 6.07) is 5.41. The van der Waals surface area contributed by atoms with Crippen LogP contribution in [0.4, 0.5) is 4.79 Å². The van der Waals surface area contributed by atoms with E-state index in [1.807, 2.05) is 32.0 Å². The minimum absolute atomic E-state index is 0.0133. The van der Waals surface area contributed by atoms with Gasteiger partial charge in [0.15, 0.2) is 11.5 Å². The van der Waals surface area contributed by atoms with Gasteiger partial charge < -0.3 is 39.3 Å². The molecule has 2 rings (SSSR count). The molecule has 5 atom stereocenters. The first-order chi connectivity index (χ1) is 23.5. The Balaban J connectivity index is 2.34. The Bertz CT molecular complexity index is 1250. The first-order valence-corrected chi connectivity index (χ1v) is 17.5. The molecule has 1 aromatic carbocycles. The zero-order valence-electron chi connectivity index (χ0n) is 31.4. The Labute approximate surface area is 297 Å². The lowest BCUT2D eigenvalue weighted by Gasteiger charge is -2.33. The number of nitrogens with zero attached hydrogens (tertiary/aromatic N) is 1. The van der Waals surface area contributed by atoms with Gasteiger partial charge in [0, 0.05) is 37.9 Å². The van der Waals surface area contributed by atoms with Gasteiger partial charge in [0.25, 0.3) is 0 Å². The molecule has 1 aromatic rings. The predicted octanol–water partition coefficient (Wildman–Crippen LogP) is 4.88. The molecule has 2 amide bonds. The molecule has 0 aromatic heterocycles. The smallest absolute Gasteiger partial charge is 0.414 e. The molecule has 0 unspecified atom stereocenters. The quantitative estimate of drug-likeness (QED) is 0.0955. The van der Waals surface area contributed by atoms with Crippen molar-refractivity contribution in [3.63, 3.8) is 0 Å². The molecule has 13 heteroatoms. The van der Waals surface area contributed by atoms with Gasteiger partial charge in [-0.1, -0.05) is 47.6 Å². The first-order valence-electron chi connectivity index (χ1n) is 17.5. The molecule has 13 nitrogen and oxygen atoms in total. The van der Waals surface area contributed by atoms with E-state index in [4.69, 9.17) is 34.2 Å². The van der Waals surface area contributed by atoms with Crippen molar-refractivity contribution < 1.29 is 52.7 Å². The normalized spacial score (nSPS) is 18.1. The molecule has 284 valence electrons. The molecule has 3 N–H and O–H groups in total. The van der Waals surface area contributed by atoms with Gasteiger partial charge >= 0.3 is 12.1 Å². The number of benzene rings is 1. The van der Waals surface area contributed by atoms with Crippen LogP contribution >= 0.6 is 0 Å². The van der Waals surface area contributed by atoms with Gasteiger partial charge in [-0.15, -0.1) is 0 Å². The highest BCUT2D eigenvalue weighted by Gasteiger charge is 2.43. The average Bonchev–Trinajstić information content (AvgIpc) is 3.45. The summed E-state index contributed by atoms with van der Waals surface area (Å²) in [5.74, 6) is -0.216. The van der Waals surface area contributed by atoms with Gasteiger partial charge in [-0.2, -0.15) is 0 Å². The summed E-state index contributed by atoms with van der Waals surface area (Å²) in [5, 5.41) is 9.42. The monoisotopic (exact) mass is 708 g/mol. The molecule has 0 radical (unpaired) electrons. The number of ketones is 1. The van der Waals surface area contributed by atoms with Gasteiger partial charge in [0.1, 0.15) is 18.6 Å². The number of carbonyl (C=O) groups is 4. The predicted molar refractivity (Wildman–Crippen MR) is 186 cm³/mol. The van der Waals surface area contributed by atoms with E-state index in [1.165, 1.54) is 11.8 Å². The maximum Gasteiger partial charge on any atom is 0.414 e. The first kappa shape index (κ1) is 42.7. The number of nitrogens with two attached hydrogens (primary N) is 1. The highest BCUT2D eigenvalue weighted by molar-refractivity contribution is 5.84. The van der Waals surface area contributed by atoms with Crippen LogP contribution in [0.25, 0.3) is 0 Å². The molecule has 1 aliphatic heterocycles. The number of primary amides is 1.